The van der Waals surface area contributed by atoms with Gasteiger partial charge in [-0.05, 0) is 49.2 Å². The molecule has 2 heterocycles. The second-order valence-corrected chi connectivity index (χ2v) is 8.64. The molecule has 0 spiro atoms. The number of piperazine rings is 1. The molecule has 2 amide bonds. The van der Waals surface area contributed by atoms with Crippen LogP contribution in [0, 0.1) is 25.2 Å². The summed E-state index contributed by atoms with van der Waals surface area (Å²) in [6.45, 7) is 7.07. The van der Waals surface area contributed by atoms with Crippen LogP contribution in [0.1, 0.15) is 28.0 Å². The van der Waals surface area contributed by atoms with Crippen molar-refractivity contribution < 1.29 is 9.59 Å². The normalized spacial score (nSPS) is 14.3. The summed E-state index contributed by atoms with van der Waals surface area (Å²) >= 11 is 0. The van der Waals surface area contributed by atoms with E-state index >= 15 is 0 Å². The van der Waals surface area contributed by atoms with E-state index in [2.05, 4.69) is 22.0 Å². The van der Waals surface area contributed by atoms with Crippen molar-refractivity contribution in [2.75, 3.05) is 44.2 Å². The van der Waals surface area contributed by atoms with Crippen molar-refractivity contribution in [1.82, 2.24) is 14.8 Å². The Bertz CT molecular complexity index is 1150. The number of carbonyl (C=O) groups excluding carboxylic acids is 2. The second-order valence-electron chi connectivity index (χ2n) is 8.64. The van der Waals surface area contributed by atoms with Gasteiger partial charge in [-0.25, -0.2) is 0 Å². The minimum atomic E-state index is -0.0226. The van der Waals surface area contributed by atoms with Crippen molar-refractivity contribution in [3.63, 3.8) is 0 Å². The zero-order valence-corrected chi connectivity index (χ0v) is 19.2. The van der Waals surface area contributed by atoms with E-state index in [1.165, 1.54) is 0 Å². The number of nitriles is 1. The van der Waals surface area contributed by atoms with Crippen LogP contribution in [-0.4, -0.2) is 65.9 Å². The molecular formula is C26H29N5O2. The Kier molecular flexibility index (Phi) is 6.76. The number of nitrogens with zero attached hydrogens (tertiary/aromatic N) is 4. The predicted octanol–water partition coefficient (Wildman–Crippen LogP) is 3.49. The molecule has 0 aliphatic carbocycles. The third kappa shape index (κ3) is 5.24. The monoisotopic (exact) mass is 443 g/mol. The number of H-pyrrole nitrogens is 1. The lowest BCUT2D eigenvalue weighted by atomic mass is 10.1. The first-order valence-electron chi connectivity index (χ1n) is 11.3. The molecule has 1 fully saturated rings. The number of fused-ring (bicyclic) bond motifs is 1. The highest BCUT2D eigenvalue weighted by molar-refractivity contribution is 5.98. The van der Waals surface area contributed by atoms with E-state index in [1.807, 2.05) is 61.2 Å². The van der Waals surface area contributed by atoms with Gasteiger partial charge in [0.1, 0.15) is 5.69 Å². The summed E-state index contributed by atoms with van der Waals surface area (Å²) in [6.07, 6.45) is 0.283. The van der Waals surface area contributed by atoms with Gasteiger partial charge in [0.25, 0.3) is 5.91 Å². The summed E-state index contributed by atoms with van der Waals surface area (Å²) < 4.78 is 0. The number of aryl methyl sites for hydroxylation is 2. The highest BCUT2D eigenvalue weighted by atomic mass is 16.2. The van der Waals surface area contributed by atoms with E-state index < -0.39 is 0 Å². The number of benzene rings is 2. The third-order valence-corrected chi connectivity index (χ3v) is 6.05. The van der Waals surface area contributed by atoms with E-state index in [9.17, 15) is 9.59 Å². The molecule has 7 heteroatoms. The van der Waals surface area contributed by atoms with Crippen molar-refractivity contribution in [2.45, 2.75) is 20.3 Å². The summed E-state index contributed by atoms with van der Waals surface area (Å²) in [5.74, 6) is -0.0336. The molecule has 1 N–H and O–H groups in total. The first-order chi connectivity index (χ1) is 15.9. The summed E-state index contributed by atoms with van der Waals surface area (Å²) in [7, 11) is 0. The lowest BCUT2D eigenvalue weighted by Crippen LogP contribution is -2.51. The van der Waals surface area contributed by atoms with Crippen LogP contribution >= 0.6 is 0 Å². The molecule has 1 aromatic heterocycles. The van der Waals surface area contributed by atoms with Gasteiger partial charge in [0, 0.05) is 49.3 Å². The molecular weight excluding hydrogens is 414 g/mol. The Labute approximate surface area is 194 Å². The van der Waals surface area contributed by atoms with Crippen molar-refractivity contribution in [3.8, 4) is 6.07 Å². The molecule has 1 aliphatic heterocycles. The molecule has 2 aromatic carbocycles. The molecule has 170 valence electrons. The van der Waals surface area contributed by atoms with Gasteiger partial charge in [-0.15, -0.1) is 0 Å². The smallest absolute Gasteiger partial charge is 0.270 e. The Morgan fingerprint density at radius 3 is 2.39 bits per heavy atom. The first kappa shape index (κ1) is 22.6. The predicted molar refractivity (Wildman–Crippen MR) is 129 cm³/mol. The number of carbonyl (C=O) groups is 2. The van der Waals surface area contributed by atoms with E-state index in [0.717, 1.165) is 27.7 Å². The minimum absolute atomic E-state index is 0.0111. The van der Waals surface area contributed by atoms with Crippen LogP contribution in [0.25, 0.3) is 10.9 Å². The van der Waals surface area contributed by atoms with Crippen LogP contribution < -0.4 is 4.90 Å². The van der Waals surface area contributed by atoms with Gasteiger partial charge in [0.2, 0.25) is 5.91 Å². The molecule has 0 unspecified atom stereocenters. The maximum absolute atomic E-state index is 13.2. The van der Waals surface area contributed by atoms with Gasteiger partial charge in [-0.3, -0.25) is 14.5 Å². The lowest BCUT2D eigenvalue weighted by Gasteiger charge is -2.35. The summed E-state index contributed by atoms with van der Waals surface area (Å²) in [6, 6.07) is 17.9. The number of rotatable bonds is 6. The number of amides is 2. The number of aromatic amines is 1. The van der Waals surface area contributed by atoms with Crippen molar-refractivity contribution in [3.05, 3.63) is 65.4 Å². The number of para-hydroxylation sites is 1. The third-order valence-electron chi connectivity index (χ3n) is 6.05. The Morgan fingerprint density at radius 1 is 1.03 bits per heavy atom. The average molecular weight is 444 g/mol. The molecule has 1 saturated heterocycles. The number of anilines is 1. The van der Waals surface area contributed by atoms with Crippen LogP contribution in [0.2, 0.25) is 0 Å². The minimum Gasteiger partial charge on any atom is -0.351 e. The van der Waals surface area contributed by atoms with Crippen molar-refractivity contribution in [1.29, 1.82) is 5.26 Å². The standard InChI is InChI=1S/C26H29N5O2/c1-19-14-20(2)16-22(15-19)31(9-5-8-27)25(32)18-29-10-12-30(13-11-29)26(33)24-17-21-6-3-4-7-23(21)28-24/h3-4,6-7,14-17,28H,5,9-13,18H2,1-2H3. The largest absolute Gasteiger partial charge is 0.351 e. The summed E-state index contributed by atoms with van der Waals surface area (Å²) in [5.41, 5.74) is 4.56. The van der Waals surface area contributed by atoms with Crippen molar-refractivity contribution >= 4 is 28.4 Å². The second kappa shape index (κ2) is 9.88. The Morgan fingerprint density at radius 2 is 1.73 bits per heavy atom. The average Bonchev–Trinajstić information content (AvgIpc) is 3.23. The molecule has 1 aliphatic rings. The Hall–Kier alpha value is -3.63. The molecule has 0 bridgehead atoms. The van der Waals surface area contributed by atoms with Crippen LogP contribution in [0.3, 0.4) is 0 Å². The van der Waals surface area contributed by atoms with Gasteiger partial charge in [-0.1, -0.05) is 24.3 Å². The number of aromatic nitrogens is 1. The Balaban J connectivity index is 1.38. The molecule has 3 aromatic rings. The van der Waals surface area contributed by atoms with Gasteiger partial charge >= 0.3 is 0 Å². The highest BCUT2D eigenvalue weighted by Crippen LogP contribution is 2.20. The molecule has 33 heavy (non-hydrogen) atoms. The van der Waals surface area contributed by atoms with E-state index in [4.69, 9.17) is 5.26 Å². The van der Waals surface area contributed by atoms with Crippen LogP contribution in [0.5, 0.6) is 0 Å². The lowest BCUT2D eigenvalue weighted by molar-refractivity contribution is -0.120. The van der Waals surface area contributed by atoms with Crippen LogP contribution in [0.4, 0.5) is 5.69 Å². The fraction of sp³-hybridized carbons (Fsp3) is 0.346. The maximum atomic E-state index is 13.2. The number of hydrogen-bond acceptors (Lipinski definition) is 4. The molecule has 0 saturated carbocycles. The topological polar surface area (TPSA) is 83.4 Å². The van der Waals surface area contributed by atoms with Gasteiger partial charge < -0.3 is 14.8 Å². The van der Waals surface area contributed by atoms with Gasteiger partial charge in [0.15, 0.2) is 0 Å². The zero-order chi connectivity index (χ0) is 23.4. The summed E-state index contributed by atoms with van der Waals surface area (Å²) in [4.78, 5) is 34.9. The number of hydrogen-bond donors (Lipinski definition) is 1. The van der Waals surface area contributed by atoms with Crippen molar-refractivity contribution in [2.24, 2.45) is 0 Å². The van der Waals surface area contributed by atoms with Gasteiger partial charge in [0.05, 0.1) is 19.0 Å². The SMILES string of the molecule is Cc1cc(C)cc(N(CCC#N)C(=O)CN2CCN(C(=O)c3cc4ccccc4[nH]3)CC2)c1. The molecule has 4 rings (SSSR count). The van der Waals surface area contributed by atoms with E-state index in [-0.39, 0.29) is 24.8 Å². The van der Waals surface area contributed by atoms with E-state index in [0.29, 0.717) is 38.4 Å². The zero-order valence-electron chi connectivity index (χ0n) is 19.2. The highest BCUT2D eigenvalue weighted by Gasteiger charge is 2.26. The molecule has 0 radical (unpaired) electrons. The molecule has 7 nitrogen and oxygen atoms in total. The quantitative estimate of drug-likeness (QED) is 0.632. The fourth-order valence-corrected chi connectivity index (χ4v) is 4.41. The van der Waals surface area contributed by atoms with E-state index in [1.54, 1.807) is 4.90 Å². The van der Waals surface area contributed by atoms with Crippen LogP contribution in [-0.2, 0) is 4.79 Å². The molecule has 0 atom stereocenters. The fourth-order valence-electron chi connectivity index (χ4n) is 4.41. The maximum Gasteiger partial charge on any atom is 0.270 e. The first-order valence-corrected chi connectivity index (χ1v) is 11.3. The van der Waals surface area contributed by atoms with Crippen LogP contribution in [0.15, 0.2) is 48.5 Å². The number of nitrogens with one attached hydrogen (secondary N) is 1. The summed E-state index contributed by atoms with van der Waals surface area (Å²) in [5, 5.41) is 10.1. The van der Waals surface area contributed by atoms with Gasteiger partial charge in [-0.2, -0.15) is 5.26 Å².